The number of aldehydes is 1. The Hall–Kier alpha value is -2.48. The molecule has 0 amide bonds. The molecule has 0 radical (unpaired) electrons. The summed E-state index contributed by atoms with van der Waals surface area (Å²) in [5, 5.41) is 17.1. The first-order chi connectivity index (χ1) is 7.58. The van der Waals surface area contributed by atoms with Crippen molar-refractivity contribution in [2.45, 2.75) is 0 Å². The van der Waals surface area contributed by atoms with E-state index in [1.807, 2.05) is 0 Å². The molecule has 0 fully saturated rings. The van der Waals surface area contributed by atoms with Crippen LogP contribution in [0.4, 0.5) is 4.39 Å². The van der Waals surface area contributed by atoms with E-state index >= 15 is 0 Å². The number of hydrogen-bond acceptors (Lipinski definition) is 3. The molecule has 0 aliphatic rings. The monoisotopic (exact) mass is 219 g/mol. The van der Waals surface area contributed by atoms with Crippen LogP contribution in [0.15, 0.2) is 18.2 Å². The Morgan fingerprint density at radius 1 is 1.44 bits per heavy atom. The molecule has 0 unspecified atom stereocenters. The molecule has 1 aromatic carbocycles. The second-order valence-electron chi connectivity index (χ2n) is 2.86. The molecule has 0 aromatic heterocycles. The molecule has 1 rings (SSSR count). The molecule has 1 N–H and O–H groups in total. The Morgan fingerprint density at radius 3 is 2.62 bits per heavy atom. The van der Waals surface area contributed by atoms with E-state index in [-0.39, 0.29) is 16.7 Å². The minimum Gasteiger partial charge on any atom is -0.478 e. The first-order valence-electron chi connectivity index (χ1n) is 4.18. The molecule has 0 aliphatic heterocycles. The normalized spacial score (nSPS) is 10.0. The van der Waals surface area contributed by atoms with Gasteiger partial charge in [-0.05, 0) is 23.8 Å². The number of carboxylic acids is 1. The molecule has 0 saturated heterocycles. The largest absolute Gasteiger partial charge is 0.478 e. The molecular weight excluding hydrogens is 213 g/mol. The Morgan fingerprint density at radius 2 is 2.12 bits per heavy atom. The number of carbonyl (C=O) groups excluding carboxylic acids is 1. The van der Waals surface area contributed by atoms with Gasteiger partial charge in [0.25, 0.3) is 0 Å². The van der Waals surface area contributed by atoms with E-state index in [0.29, 0.717) is 6.29 Å². The quantitative estimate of drug-likeness (QED) is 0.618. The van der Waals surface area contributed by atoms with Gasteiger partial charge in [0.15, 0.2) is 6.29 Å². The van der Waals surface area contributed by atoms with Crippen molar-refractivity contribution in [1.29, 1.82) is 5.26 Å². The van der Waals surface area contributed by atoms with Gasteiger partial charge in [-0.15, -0.1) is 0 Å². The van der Waals surface area contributed by atoms with Gasteiger partial charge in [-0.25, -0.2) is 9.18 Å². The predicted molar refractivity (Wildman–Crippen MR) is 53.2 cm³/mol. The van der Waals surface area contributed by atoms with Gasteiger partial charge < -0.3 is 5.11 Å². The van der Waals surface area contributed by atoms with Crippen LogP contribution < -0.4 is 0 Å². The first kappa shape index (κ1) is 11.6. The fraction of sp³-hybridized carbons (Fsp3) is 0. The number of hydrogen-bond donors (Lipinski definition) is 1. The SMILES string of the molecule is N#Cc1cc(C=O)c(F)cc1/C=C/C(=O)O. The van der Waals surface area contributed by atoms with Crippen molar-refractivity contribution in [3.05, 3.63) is 40.7 Å². The smallest absolute Gasteiger partial charge is 0.328 e. The zero-order chi connectivity index (χ0) is 12.1. The summed E-state index contributed by atoms with van der Waals surface area (Å²) < 4.78 is 13.2. The van der Waals surface area contributed by atoms with E-state index in [4.69, 9.17) is 10.4 Å². The van der Waals surface area contributed by atoms with Crippen LogP contribution in [-0.4, -0.2) is 17.4 Å². The van der Waals surface area contributed by atoms with Crippen molar-refractivity contribution in [3.8, 4) is 6.07 Å². The van der Waals surface area contributed by atoms with Crippen LogP contribution in [0.5, 0.6) is 0 Å². The maximum atomic E-state index is 13.2. The van der Waals surface area contributed by atoms with Gasteiger partial charge in [0.2, 0.25) is 0 Å². The summed E-state index contributed by atoms with van der Waals surface area (Å²) in [5.41, 5.74) is -0.0713. The lowest BCUT2D eigenvalue weighted by Gasteiger charge is -2.00. The van der Waals surface area contributed by atoms with Gasteiger partial charge in [0, 0.05) is 6.08 Å². The zero-order valence-electron chi connectivity index (χ0n) is 7.98. The molecule has 80 valence electrons. The van der Waals surface area contributed by atoms with Crippen LogP contribution in [0, 0.1) is 17.1 Å². The highest BCUT2D eigenvalue weighted by atomic mass is 19.1. The van der Waals surface area contributed by atoms with Gasteiger partial charge in [0.05, 0.1) is 17.2 Å². The van der Waals surface area contributed by atoms with Gasteiger partial charge in [-0.1, -0.05) is 0 Å². The lowest BCUT2D eigenvalue weighted by Crippen LogP contribution is -1.94. The van der Waals surface area contributed by atoms with Crippen molar-refractivity contribution in [2.75, 3.05) is 0 Å². The number of halogens is 1. The van der Waals surface area contributed by atoms with Crippen LogP contribution in [0.1, 0.15) is 21.5 Å². The lowest BCUT2D eigenvalue weighted by atomic mass is 10.0. The van der Waals surface area contributed by atoms with Crippen LogP contribution in [0.3, 0.4) is 0 Å². The number of benzene rings is 1. The maximum absolute atomic E-state index is 13.2. The van der Waals surface area contributed by atoms with E-state index in [0.717, 1.165) is 24.3 Å². The highest BCUT2D eigenvalue weighted by Gasteiger charge is 2.07. The van der Waals surface area contributed by atoms with Gasteiger partial charge >= 0.3 is 5.97 Å². The second kappa shape index (κ2) is 4.84. The summed E-state index contributed by atoms with van der Waals surface area (Å²) in [6.45, 7) is 0. The third kappa shape index (κ3) is 2.51. The average molecular weight is 219 g/mol. The molecule has 0 atom stereocenters. The zero-order valence-corrected chi connectivity index (χ0v) is 7.98. The molecular formula is C11H6FNO3. The van der Waals surface area contributed by atoms with E-state index < -0.39 is 11.8 Å². The van der Waals surface area contributed by atoms with E-state index in [9.17, 15) is 14.0 Å². The van der Waals surface area contributed by atoms with Crippen LogP contribution >= 0.6 is 0 Å². The number of carbonyl (C=O) groups is 2. The summed E-state index contributed by atoms with van der Waals surface area (Å²) in [6, 6.07) is 3.77. The van der Waals surface area contributed by atoms with Gasteiger partial charge in [-0.2, -0.15) is 5.26 Å². The fourth-order valence-electron chi connectivity index (χ4n) is 1.09. The Balaban J connectivity index is 3.30. The maximum Gasteiger partial charge on any atom is 0.328 e. The van der Waals surface area contributed by atoms with E-state index in [1.54, 1.807) is 6.07 Å². The highest BCUT2D eigenvalue weighted by Crippen LogP contribution is 2.15. The molecule has 1 aromatic rings. The number of carboxylic acid groups (broad SMARTS) is 1. The van der Waals surface area contributed by atoms with Crippen LogP contribution in [0.25, 0.3) is 6.08 Å². The topological polar surface area (TPSA) is 78.2 Å². The van der Waals surface area contributed by atoms with Gasteiger partial charge in [0.1, 0.15) is 5.82 Å². The molecule has 0 heterocycles. The van der Waals surface area contributed by atoms with Crippen LogP contribution in [0.2, 0.25) is 0 Å². The average Bonchev–Trinajstić information content (AvgIpc) is 2.26. The van der Waals surface area contributed by atoms with Gasteiger partial charge in [-0.3, -0.25) is 4.79 Å². The minimum absolute atomic E-state index is 0.0426. The third-order valence-electron chi connectivity index (χ3n) is 1.82. The van der Waals surface area contributed by atoms with E-state index in [1.165, 1.54) is 0 Å². The van der Waals surface area contributed by atoms with E-state index in [2.05, 4.69) is 0 Å². The fourth-order valence-corrected chi connectivity index (χ4v) is 1.09. The molecule has 16 heavy (non-hydrogen) atoms. The molecule has 5 heteroatoms. The van der Waals surface area contributed by atoms with Crippen molar-refractivity contribution in [2.24, 2.45) is 0 Å². The van der Waals surface area contributed by atoms with Crippen molar-refractivity contribution in [1.82, 2.24) is 0 Å². The van der Waals surface area contributed by atoms with Crippen molar-refractivity contribution in [3.63, 3.8) is 0 Å². The molecule has 0 aliphatic carbocycles. The summed E-state index contributed by atoms with van der Waals surface area (Å²) in [7, 11) is 0. The number of rotatable bonds is 3. The molecule has 4 nitrogen and oxygen atoms in total. The molecule has 0 bridgehead atoms. The summed E-state index contributed by atoms with van der Waals surface area (Å²) in [6.07, 6.45) is 2.18. The van der Waals surface area contributed by atoms with Crippen molar-refractivity contribution < 1.29 is 19.1 Å². The Kier molecular flexibility index (Phi) is 3.51. The van der Waals surface area contributed by atoms with Crippen LogP contribution in [-0.2, 0) is 4.79 Å². The third-order valence-corrected chi connectivity index (χ3v) is 1.82. The first-order valence-corrected chi connectivity index (χ1v) is 4.18. The highest BCUT2D eigenvalue weighted by molar-refractivity contribution is 5.86. The number of nitrogens with zero attached hydrogens (tertiary/aromatic N) is 1. The Labute approximate surface area is 90.2 Å². The lowest BCUT2D eigenvalue weighted by molar-refractivity contribution is -0.131. The summed E-state index contributed by atoms with van der Waals surface area (Å²) in [5.74, 6) is -2.00. The van der Waals surface area contributed by atoms with Crippen molar-refractivity contribution >= 4 is 18.3 Å². The molecule has 0 spiro atoms. The Bertz CT molecular complexity index is 515. The summed E-state index contributed by atoms with van der Waals surface area (Å²) >= 11 is 0. The second-order valence-corrected chi connectivity index (χ2v) is 2.86. The summed E-state index contributed by atoms with van der Waals surface area (Å²) in [4.78, 5) is 20.7. The predicted octanol–water partition coefficient (Wildman–Crippen LogP) is 1.61. The standard InChI is InChI=1S/C11H6FNO3/c12-10-4-7(1-2-11(15)16)8(5-13)3-9(10)6-14/h1-4,6H,(H,15,16)/b2-1+. The molecule has 0 saturated carbocycles. The number of aliphatic carboxylic acids is 1. The minimum atomic E-state index is -1.20. The number of nitriles is 1.